The lowest BCUT2D eigenvalue weighted by molar-refractivity contribution is 0.255. The van der Waals surface area contributed by atoms with Crippen LogP contribution in [0.3, 0.4) is 0 Å². The van der Waals surface area contributed by atoms with Crippen molar-refractivity contribution in [3.8, 4) is 5.75 Å². The second-order valence-electron chi connectivity index (χ2n) is 5.65. The van der Waals surface area contributed by atoms with E-state index < -0.39 is 34.8 Å². The van der Waals surface area contributed by atoms with Crippen LogP contribution in [-0.2, 0) is 0 Å². The molecule has 0 spiro atoms. The molecule has 0 aliphatic heterocycles. The molecular weight excluding hydrogens is 347 g/mol. The monoisotopic (exact) mass is 370 g/mol. The summed E-state index contributed by atoms with van der Waals surface area (Å²) < 4.78 is 70.3. The first-order valence-electron chi connectivity index (χ1n) is 8.25. The van der Waals surface area contributed by atoms with Gasteiger partial charge in [0, 0.05) is 0 Å². The molecule has 0 unspecified atom stereocenters. The highest BCUT2D eigenvalue weighted by atomic mass is 32.1. The summed E-state index contributed by atoms with van der Waals surface area (Å²) >= 11 is 4.15. The van der Waals surface area contributed by atoms with Gasteiger partial charge in [0.15, 0.2) is 5.75 Å². The van der Waals surface area contributed by atoms with Crippen molar-refractivity contribution in [3.63, 3.8) is 0 Å². The maximum Gasteiger partial charge on any atom is 0.206 e. The van der Waals surface area contributed by atoms with Crippen LogP contribution in [-0.4, -0.2) is 12.4 Å². The maximum absolute atomic E-state index is 13.4. The smallest absolute Gasteiger partial charge is 0.206 e. The van der Waals surface area contributed by atoms with Gasteiger partial charge in [0.1, 0.15) is 0 Å². The first kappa shape index (κ1) is 21.1. The van der Waals surface area contributed by atoms with Gasteiger partial charge in [-0.3, -0.25) is 0 Å². The van der Waals surface area contributed by atoms with E-state index in [1.807, 2.05) is 0 Å². The normalized spacial score (nSPS) is 11.1. The number of ether oxygens (including phenoxy) is 1. The molecule has 1 aromatic rings. The van der Waals surface area contributed by atoms with E-state index in [9.17, 15) is 22.0 Å². The van der Waals surface area contributed by atoms with Gasteiger partial charge < -0.3 is 4.74 Å². The Balaban J connectivity index is 2.20. The predicted octanol–water partition coefficient (Wildman–Crippen LogP) is 6.20. The molecule has 0 N–H and O–H groups in total. The fraction of sp³-hybridized carbons (Fsp3) is 0.647. The van der Waals surface area contributed by atoms with Gasteiger partial charge in [0.25, 0.3) is 0 Å². The molecule has 0 radical (unpaired) electrons. The van der Waals surface area contributed by atoms with Gasteiger partial charge in [-0.15, -0.1) is 0 Å². The number of halogens is 5. The zero-order valence-electron chi connectivity index (χ0n) is 13.5. The fourth-order valence-corrected chi connectivity index (χ4v) is 2.56. The summed E-state index contributed by atoms with van der Waals surface area (Å²) in [4.78, 5) is 0. The zero-order chi connectivity index (χ0) is 17.9. The Morgan fingerprint density at radius 2 is 0.917 bits per heavy atom. The van der Waals surface area contributed by atoms with Gasteiger partial charge in [-0.05, 0) is 18.6 Å². The molecule has 0 amide bonds. The highest BCUT2D eigenvalue weighted by Gasteiger charge is 2.26. The minimum Gasteiger partial charge on any atom is -0.487 e. The summed E-state index contributed by atoms with van der Waals surface area (Å²) in [5.41, 5.74) is 0. The SMILES string of the molecule is Fc1c(F)c(F)c(OCCCCCCCCCCCS)c(F)c1F. The Labute approximate surface area is 145 Å². The average Bonchev–Trinajstić information content (AvgIpc) is 2.58. The van der Waals surface area contributed by atoms with Crippen LogP contribution >= 0.6 is 12.6 Å². The van der Waals surface area contributed by atoms with E-state index in [0.717, 1.165) is 37.9 Å². The average molecular weight is 370 g/mol. The van der Waals surface area contributed by atoms with Gasteiger partial charge >= 0.3 is 0 Å². The van der Waals surface area contributed by atoms with E-state index in [0.29, 0.717) is 6.42 Å². The Morgan fingerprint density at radius 3 is 1.38 bits per heavy atom. The van der Waals surface area contributed by atoms with Crippen molar-refractivity contribution in [3.05, 3.63) is 29.1 Å². The molecule has 7 heteroatoms. The van der Waals surface area contributed by atoms with Crippen LogP contribution < -0.4 is 4.74 Å². The molecule has 0 saturated heterocycles. The maximum atomic E-state index is 13.4. The first-order chi connectivity index (χ1) is 11.5. The molecule has 0 atom stereocenters. The number of thiol groups is 1. The molecule has 0 aliphatic rings. The van der Waals surface area contributed by atoms with E-state index in [4.69, 9.17) is 4.74 Å². The third-order valence-electron chi connectivity index (χ3n) is 3.72. The highest BCUT2D eigenvalue weighted by Crippen LogP contribution is 2.29. The van der Waals surface area contributed by atoms with Crippen LogP contribution in [0.5, 0.6) is 5.75 Å². The second-order valence-corrected chi connectivity index (χ2v) is 6.10. The molecule has 1 rings (SSSR count). The summed E-state index contributed by atoms with van der Waals surface area (Å²) in [5.74, 6) is -10.3. The molecule has 0 heterocycles. The minimum absolute atomic E-state index is 0.0830. The molecule has 0 aromatic heterocycles. The quantitative estimate of drug-likeness (QED) is 0.151. The zero-order valence-corrected chi connectivity index (χ0v) is 14.4. The molecule has 0 fully saturated rings. The number of benzene rings is 1. The summed E-state index contributed by atoms with van der Waals surface area (Å²) in [6, 6.07) is 0. The molecule has 0 bridgehead atoms. The molecule has 24 heavy (non-hydrogen) atoms. The molecule has 1 aromatic carbocycles. The van der Waals surface area contributed by atoms with Crippen molar-refractivity contribution < 1.29 is 26.7 Å². The Bertz CT molecular complexity index is 481. The number of unbranched alkanes of at least 4 members (excludes halogenated alkanes) is 8. The van der Waals surface area contributed by atoms with Gasteiger partial charge in [-0.25, -0.2) is 13.2 Å². The third-order valence-corrected chi connectivity index (χ3v) is 4.03. The number of hydrogen-bond donors (Lipinski definition) is 1. The Kier molecular flexibility index (Phi) is 10.1. The summed E-state index contributed by atoms with van der Waals surface area (Å²) in [6.45, 7) is -0.0830. The van der Waals surface area contributed by atoms with Crippen LogP contribution in [0.1, 0.15) is 57.8 Å². The van der Waals surface area contributed by atoms with Crippen LogP contribution in [0, 0.1) is 29.1 Å². The second kappa shape index (κ2) is 11.6. The van der Waals surface area contributed by atoms with Crippen LogP contribution in [0.25, 0.3) is 0 Å². The van der Waals surface area contributed by atoms with E-state index in [1.165, 1.54) is 19.3 Å². The topological polar surface area (TPSA) is 9.23 Å². The fourth-order valence-electron chi connectivity index (χ4n) is 2.34. The lowest BCUT2D eigenvalue weighted by atomic mass is 10.1. The van der Waals surface area contributed by atoms with Crippen LogP contribution in [0.2, 0.25) is 0 Å². The minimum atomic E-state index is -2.17. The summed E-state index contributed by atoms with van der Waals surface area (Å²) in [5, 5.41) is 0. The molecular formula is C17H23F5OS. The highest BCUT2D eigenvalue weighted by molar-refractivity contribution is 7.80. The van der Waals surface area contributed by atoms with Crippen molar-refractivity contribution in [2.24, 2.45) is 0 Å². The molecule has 0 saturated carbocycles. The Hall–Kier alpha value is -0.980. The predicted molar refractivity (Wildman–Crippen MR) is 87.1 cm³/mol. The molecule has 0 aliphatic carbocycles. The van der Waals surface area contributed by atoms with E-state index in [-0.39, 0.29) is 6.61 Å². The van der Waals surface area contributed by atoms with Crippen molar-refractivity contribution in [2.45, 2.75) is 57.8 Å². The largest absolute Gasteiger partial charge is 0.487 e. The molecule has 138 valence electrons. The lowest BCUT2D eigenvalue weighted by Crippen LogP contribution is -2.08. The lowest BCUT2D eigenvalue weighted by Gasteiger charge is -2.10. The number of rotatable bonds is 12. The van der Waals surface area contributed by atoms with Crippen molar-refractivity contribution in [1.29, 1.82) is 0 Å². The van der Waals surface area contributed by atoms with Crippen molar-refractivity contribution >= 4 is 12.6 Å². The summed E-state index contributed by atoms with van der Waals surface area (Å²) in [7, 11) is 0. The Morgan fingerprint density at radius 1 is 0.542 bits per heavy atom. The van der Waals surface area contributed by atoms with E-state index in [2.05, 4.69) is 12.6 Å². The standard InChI is InChI=1S/C17H23F5OS/c18-12-13(19)15(21)17(16(22)14(12)20)23-10-8-6-4-2-1-3-5-7-9-11-24/h24H,1-11H2. The van der Waals surface area contributed by atoms with Crippen LogP contribution in [0.15, 0.2) is 0 Å². The van der Waals surface area contributed by atoms with Gasteiger partial charge in [-0.1, -0.05) is 44.9 Å². The number of hydrogen-bond acceptors (Lipinski definition) is 2. The molecule has 1 nitrogen and oxygen atoms in total. The van der Waals surface area contributed by atoms with E-state index >= 15 is 0 Å². The first-order valence-corrected chi connectivity index (χ1v) is 8.89. The van der Waals surface area contributed by atoms with Crippen LogP contribution in [0.4, 0.5) is 22.0 Å². The van der Waals surface area contributed by atoms with Gasteiger partial charge in [-0.2, -0.15) is 21.4 Å². The van der Waals surface area contributed by atoms with Gasteiger partial charge in [0.05, 0.1) is 6.61 Å². The van der Waals surface area contributed by atoms with E-state index in [1.54, 1.807) is 0 Å². The van der Waals surface area contributed by atoms with Crippen molar-refractivity contribution in [2.75, 3.05) is 12.4 Å². The summed E-state index contributed by atoms with van der Waals surface area (Å²) in [6.07, 6.45) is 9.13. The third kappa shape index (κ3) is 6.49. The van der Waals surface area contributed by atoms with Gasteiger partial charge in [0.2, 0.25) is 29.1 Å². The van der Waals surface area contributed by atoms with Crippen molar-refractivity contribution in [1.82, 2.24) is 0 Å².